The number of amides is 1. The van der Waals surface area contributed by atoms with Crippen LogP contribution in [0.15, 0.2) is 24.3 Å². The largest absolute Gasteiger partial charge is 0.353 e. The maximum Gasteiger partial charge on any atom is 0.223 e. The Morgan fingerprint density at radius 1 is 1.33 bits per heavy atom. The van der Waals surface area contributed by atoms with Gasteiger partial charge >= 0.3 is 0 Å². The second-order valence-corrected chi connectivity index (χ2v) is 6.43. The van der Waals surface area contributed by atoms with Crippen molar-refractivity contribution in [3.63, 3.8) is 0 Å². The molecule has 1 aliphatic heterocycles. The van der Waals surface area contributed by atoms with E-state index < -0.39 is 0 Å². The number of hydrogen-bond acceptors (Lipinski definition) is 2. The first kappa shape index (κ1) is 16.3. The predicted molar refractivity (Wildman–Crippen MR) is 87.3 cm³/mol. The Kier molecular flexibility index (Phi) is 6.07. The van der Waals surface area contributed by atoms with Gasteiger partial charge in [-0.15, -0.1) is 0 Å². The Bertz CT molecular complexity index is 452. The van der Waals surface area contributed by atoms with Crippen molar-refractivity contribution in [3.05, 3.63) is 34.9 Å². The van der Waals surface area contributed by atoms with Gasteiger partial charge < -0.3 is 5.32 Å². The van der Waals surface area contributed by atoms with Gasteiger partial charge in [0, 0.05) is 23.5 Å². The van der Waals surface area contributed by atoms with Crippen molar-refractivity contribution in [2.24, 2.45) is 5.92 Å². The number of piperidine rings is 1. The Morgan fingerprint density at radius 3 is 2.52 bits per heavy atom. The quantitative estimate of drug-likeness (QED) is 0.903. The number of carbonyl (C=O) groups is 1. The van der Waals surface area contributed by atoms with E-state index >= 15 is 0 Å². The van der Waals surface area contributed by atoms with Crippen LogP contribution in [0.2, 0.25) is 5.02 Å². The summed E-state index contributed by atoms with van der Waals surface area (Å²) in [6.07, 6.45) is 2.90. The Morgan fingerprint density at radius 2 is 1.95 bits per heavy atom. The lowest BCUT2D eigenvalue weighted by atomic mass is 9.95. The molecule has 0 aliphatic carbocycles. The van der Waals surface area contributed by atoms with Gasteiger partial charge in [0.05, 0.1) is 0 Å². The van der Waals surface area contributed by atoms with Crippen molar-refractivity contribution < 1.29 is 4.79 Å². The SMILES string of the molecule is CC[C@@H](C)NC(=O)C1CCN(Cc2ccc(Cl)cc2)CC1. The lowest BCUT2D eigenvalue weighted by Gasteiger charge is -2.31. The van der Waals surface area contributed by atoms with Crippen LogP contribution in [0.3, 0.4) is 0 Å². The second-order valence-electron chi connectivity index (χ2n) is 5.99. The number of hydrogen-bond donors (Lipinski definition) is 1. The molecule has 21 heavy (non-hydrogen) atoms. The van der Waals surface area contributed by atoms with Gasteiger partial charge in [0.1, 0.15) is 0 Å². The minimum absolute atomic E-state index is 0.181. The molecule has 0 saturated carbocycles. The molecule has 1 amide bonds. The molecule has 0 bridgehead atoms. The summed E-state index contributed by atoms with van der Waals surface area (Å²) in [5.74, 6) is 0.413. The third-order valence-electron chi connectivity index (χ3n) is 4.28. The van der Waals surface area contributed by atoms with Crippen LogP contribution in [0.5, 0.6) is 0 Å². The molecule has 0 spiro atoms. The van der Waals surface area contributed by atoms with Crippen LogP contribution in [0.25, 0.3) is 0 Å². The lowest BCUT2D eigenvalue weighted by molar-refractivity contribution is -0.127. The molecule has 1 N–H and O–H groups in total. The molecule has 1 aromatic rings. The molecule has 4 heteroatoms. The van der Waals surface area contributed by atoms with Gasteiger partial charge in [0.25, 0.3) is 0 Å². The van der Waals surface area contributed by atoms with E-state index in [0.717, 1.165) is 43.9 Å². The number of carbonyl (C=O) groups excluding carboxylic acids is 1. The summed E-state index contributed by atoms with van der Waals surface area (Å²) in [4.78, 5) is 14.5. The van der Waals surface area contributed by atoms with E-state index in [0.29, 0.717) is 0 Å². The summed E-state index contributed by atoms with van der Waals surface area (Å²) in [6.45, 7) is 7.08. The van der Waals surface area contributed by atoms with Gasteiger partial charge in [-0.1, -0.05) is 30.7 Å². The third-order valence-corrected chi connectivity index (χ3v) is 4.53. The zero-order valence-corrected chi connectivity index (χ0v) is 13.7. The maximum absolute atomic E-state index is 12.1. The molecule has 1 fully saturated rings. The summed E-state index contributed by atoms with van der Waals surface area (Å²) in [5, 5.41) is 3.87. The van der Waals surface area contributed by atoms with E-state index in [-0.39, 0.29) is 17.9 Å². The Hall–Kier alpha value is -1.06. The fourth-order valence-electron chi connectivity index (χ4n) is 2.66. The van der Waals surface area contributed by atoms with Crippen molar-refractivity contribution in [1.29, 1.82) is 0 Å². The summed E-state index contributed by atoms with van der Waals surface area (Å²) in [6, 6.07) is 8.30. The van der Waals surface area contributed by atoms with Gasteiger partial charge in [-0.2, -0.15) is 0 Å². The molecular formula is C17H25ClN2O. The zero-order chi connectivity index (χ0) is 15.2. The molecular weight excluding hydrogens is 284 g/mol. The molecule has 1 saturated heterocycles. The average Bonchev–Trinajstić information content (AvgIpc) is 2.50. The highest BCUT2D eigenvalue weighted by Crippen LogP contribution is 2.20. The molecule has 0 radical (unpaired) electrons. The molecule has 2 rings (SSSR count). The monoisotopic (exact) mass is 308 g/mol. The molecule has 1 aliphatic rings. The summed E-state index contributed by atoms with van der Waals surface area (Å²) >= 11 is 5.90. The van der Waals surface area contributed by atoms with Gasteiger partial charge in [-0.05, 0) is 57.0 Å². The minimum atomic E-state index is 0.181. The standard InChI is InChI=1S/C17H25ClN2O/c1-3-13(2)19-17(21)15-8-10-20(11-9-15)12-14-4-6-16(18)7-5-14/h4-7,13,15H,3,8-12H2,1-2H3,(H,19,21)/t13-/m1/s1. The highest BCUT2D eigenvalue weighted by Gasteiger charge is 2.25. The number of rotatable bonds is 5. The van der Waals surface area contributed by atoms with Crippen molar-refractivity contribution in [3.8, 4) is 0 Å². The van der Waals surface area contributed by atoms with Crippen molar-refractivity contribution in [2.75, 3.05) is 13.1 Å². The first-order valence-electron chi connectivity index (χ1n) is 7.85. The Balaban J connectivity index is 1.77. The van der Waals surface area contributed by atoms with Crippen LogP contribution in [0, 0.1) is 5.92 Å². The van der Waals surface area contributed by atoms with Crippen LogP contribution < -0.4 is 5.32 Å². The predicted octanol–water partition coefficient (Wildman–Crippen LogP) is 3.47. The molecule has 1 aromatic carbocycles. The van der Waals surface area contributed by atoms with Crippen LogP contribution in [-0.2, 0) is 11.3 Å². The van der Waals surface area contributed by atoms with Crippen LogP contribution in [0.1, 0.15) is 38.7 Å². The highest BCUT2D eigenvalue weighted by atomic mass is 35.5. The van der Waals surface area contributed by atoms with E-state index in [4.69, 9.17) is 11.6 Å². The van der Waals surface area contributed by atoms with Gasteiger partial charge in [-0.3, -0.25) is 9.69 Å². The molecule has 3 nitrogen and oxygen atoms in total. The van der Waals surface area contributed by atoms with Crippen molar-refractivity contribution >= 4 is 17.5 Å². The summed E-state index contributed by atoms with van der Waals surface area (Å²) < 4.78 is 0. The van der Waals surface area contributed by atoms with Gasteiger partial charge in [0.2, 0.25) is 5.91 Å². The lowest BCUT2D eigenvalue weighted by Crippen LogP contribution is -2.42. The normalized spacial score (nSPS) is 18.4. The number of benzene rings is 1. The third kappa shape index (κ3) is 5.01. The molecule has 116 valence electrons. The smallest absolute Gasteiger partial charge is 0.223 e. The first-order valence-corrected chi connectivity index (χ1v) is 8.23. The first-order chi connectivity index (χ1) is 10.1. The van der Waals surface area contributed by atoms with Crippen molar-refractivity contribution in [2.45, 2.75) is 45.7 Å². The zero-order valence-electron chi connectivity index (χ0n) is 12.9. The summed E-state index contributed by atoms with van der Waals surface area (Å²) in [5.41, 5.74) is 1.28. The average molecular weight is 309 g/mol. The fourth-order valence-corrected chi connectivity index (χ4v) is 2.79. The van der Waals surface area contributed by atoms with E-state index in [2.05, 4.69) is 36.2 Å². The maximum atomic E-state index is 12.1. The number of halogens is 1. The van der Waals surface area contributed by atoms with E-state index in [1.54, 1.807) is 0 Å². The van der Waals surface area contributed by atoms with Gasteiger partial charge in [0.15, 0.2) is 0 Å². The van der Waals surface area contributed by atoms with Gasteiger partial charge in [-0.25, -0.2) is 0 Å². The summed E-state index contributed by atoms with van der Waals surface area (Å²) in [7, 11) is 0. The molecule has 1 atom stereocenters. The van der Waals surface area contributed by atoms with Crippen LogP contribution in [-0.4, -0.2) is 29.9 Å². The second kappa shape index (κ2) is 7.81. The Labute approximate surface area is 132 Å². The molecule has 0 unspecified atom stereocenters. The number of nitrogens with one attached hydrogen (secondary N) is 1. The molecule has 1 heterocycles. The van der Waals surface area contributed by atoms with Crippen LogP contribution in [0.4, 0.5) is 0 Å². The van der Waals surface area contributed by atoms with E-state index in [9.17, 15) is 4.79 Å². The van der Waals surface area contributed by atoms with Crippen LogP contribution >= 0.6 is 11.6 Å². The minimum Gasteiger partial charge on any atom is -0.353 e. The number of nitrogens with zero attached hydrogens (tertiary/aromatic N) is 1. The topological polar surface area (TPSA) is 32.3 Å². The highest BCUT2D eigenvalue weighted by molar-refractivity contribution is 6.30. The number of likely N-dealkylation sites (tertiary alicyclic amines) is 1. The van der Waals surface area contributed by atoms with Crippen molar-refractivity contribution in [1.82, 2.24) is 10.2 Å². The van der Waals surface area contributed by atoms with E-state index in [1.165, 1.54) is 5.56 Å². The molecule has 0 aromatic heterocycles. The fraction of sp³-hybridized carbons (Fsp3) is 0.588. The van der Waals surface area contributed by atoms with E-state index in [1.807, 2.05) is 12.1 Å².